The largest absolute Gasteiger partial charge is 0.353 e. The van der Waals surface area contributed by atoms with Gasteiger partial charge in [0, 0.05) is 5.56 Å². The Bertz CT molecular complexity index is 419. The number of hydrogen-bond donors (Lipinski definition) is 0. The van der Waals surface area contributed by atoms with Crippen molar-refractivity contribution in [2.24, 2.45) is 0 Å². The van der Waals surface area contributed by atoms with Crippen LogP contribution in [0.4, 0.5) is 5.69 Å². The number of carbonyl (C=O) groups excluding carboxylic acids is 1. The third-order valence-electron chi connectivity index (χ3n) is 2.72. The van der Waals surface area contributed by atoms with Gasteiger partial charge in [0.05, 0.1) is 12.3 Å². The van der Waals surface area contributed by atoms with E-state index in [1.54, 1.807) is 4.90 Å². The second-order valence-corrected chi connectivity index (χ2v) is 4.21. The van der Waals surface area contributed by atoms with E-state index in [4.69, 9.17) is 16.3 Å². The van der Waals surface area contributed by atoms with E-state index in [9.17, 15) is 4.79 Å². The zero-order chi connectivity index (χ0) is 11.7. The third kappa shape index (κ3) is 1.93. The van der Waals surface area contributed by atoms with E-state index in [1.165, 1.54) is 0 Å². The van der Waals surface area contributed by atoms with Gasteiger partial charge < -0.3 is 4.74 Å². The summed E-state index contributed by atoms with van der Waals surface area (Å²) in [4.78, 5) is 13.4. The number of carbonyl (C=O) groups is 1. The van der Waals surface area contributed by atoms with E-state index >= 15 is 0 Å². The molecule has 0 bridgehead atoms. The predicted molar refractivity (Wildman–Crippen MR) is 63.6 cm³/mol. The van der Waals surface area contributed by atoms with Gasteiger partial charge >= 0.3 is 0 Å². The molecular weight excluding hydrogens is 226 g/mol. The Hall–Kier alpha value is -1.06. The number of fused-ring (bicyclic) bond motifs is 1. The number of benzene rings is 1. The number of amides is 1. The Morgan fingerprint density at radius 1 is 1.62 bits per heavy atom. The van der Waals surface area contributed by atoms with Crippen LogP contribution in [0.25, 0.3) is 0 Å². The summed E-state index contributed by atoms with van der Waals surface area (Å²) >= 11 is 5.60. The lowest BCUT2D eigenvalue weighted by atomic mass is 10.1. The highest BCUT2D eigenvalue weighted by molar-refractivity contribution is 6.29. The van der Waals surface area contributed by atoms with Gasteiger partial charge in [-0.3, -0.25) is 9.69 Å². The molecule has 0 radical (unpaired) electrons. The van der Waals surface area contributed by atoms with Crippen molar-refractivity contribution in [3.63, 3.8) is 0 Å². The smallest absolute Gasteiger partial charge is 0.244 e. The average molecular weight is 240 g/mol. The van der Waals surface area contributed by atoms with Crippen molar-refractivity contribution in [3.05, 3.63) is 29.3 Å². The van der Waals surface area contributed by atoms with Gasteiger partial charge in [0.1, 0.15) is 12.1 Å². The Morgan fingerprint density at radius 2 is 2.38 bits per heavy atom. The molecule has 2 rings (SSSR count). The van der Waals surface area contributed by atoms with E-state index < -0.39 is 0 Å². The van der Waals surface area contributed by atoms with Crippen LogP contribution in [0.1, 0.15) is 18.1 Å². The van der Waals surface area contributed by atoms with Gasteiger partial charge in [-0.05, 0) is 19.9 Å². The lowest BCUT2D eigenvalue weighted by Gasteiger charge is -2.34. The Balaban J connectivity index is 2.44. The molecule has 1 atom stereocenters. The number of ether oxygens (including phenoxy) is 1. The molecule has 1 aliphatic heterocycles. The van der Waals surface area contributed by atoms with E-state index in [-0.39, 0.29) is 18.0 Å². The zero-order valence-electron chi connectivity index (χ0n) is 9.37. The standard InChI is InChI=1S/C12H14ClNO2/c1-8-3-4-11-10(5-8)7-16-9(2)14(11)12(15)6-13/h3-5,9H,6-7H2,1-2H3. The molecule has 1 aliphatic rings. The van der Waals surface area contributed by atoms with Crippen LogP contribution in [0.2, 0.25) is 0 Å². The Labute approximate surface area is 100.0 Å². The molecule has 0 saturated carbocycles. The summed E-state index contributed by atoms with van der Waals surface area (Å²) in [5.41, 5.74) is 3.11. The van der Waals surface area contributed by atoms with Crippen molar-refractivity contribution in [3.8, 4) is 0 Å². The summed E-state index contributed by atoms with van der Waals surface area (Å²) in [5.74, 6) is -0.153. The van der Waals surface area contributed by atoms with Crippen molar-refractivity contribution in [2.45, 2.75) is 26.7 Å². The molecular formula is C12H14ClNO2. The van der Waals surface area contributed by atoms with Gasteiger partial charge in [-0.25, -0.2) is 0 Å². The van der Waals surface area contributed by atoms with Crippen LogP contribution >= 0.6 is 11.6 Å². The molecule has 1 unspecified atom stereocenters. The summed E-state index contributed by atoms with van der Waals surface area (Å²) in [6, 6.07) is 5.98. The van der Waals surface area contributed by atoms with Gasteiger partial charge in [-0.15, -0.1) is 11.6 Å². The molecule has 0 N–H and O–H groups in total. The van der Waals surface area contributed by atoms with Crippen LogP contribution in [0.5, 0.6) is 0 Å². The summed E-state index contributed by atoms with van der Waals surface area (Å²) < 4.78 is 5.54. The minimum Gasteiger partial charge on any atom is -0.353 e. The number of halogens is 1. The Morgan fingerprint density at radius 3 is 3.06 bits per heavy atom. The molecule has 16 heavy (non-hydrogen) atoms. The van der Waals surface area contributed by atoms with E-state index in [1.807, 2.05) is 32.0 Å². The van der Waals surface area contributed by atoms with Gasteiger partial charge in [-0.1, -0.05) is 17.7 Å². The first-order chi connectivity index (χ1) is 7.63. The van der Waals surface area contributed by atoms with Crippen LogP contribution < -0.4 is 4.90 Å². The van der Waals surface area contributed by atoms with Crippen LogP contribution in [-0.4, -0.2) is 18.0 Å². The summed E-state index contributed by atoms with van der Waals surface area (Å²) in [7, 11) is 0. The molecule has 0 fully saturated rings. The maximum absolute atomic E-state index is 11.7. The molecule has 0 aromatic heterocycles. The molecule has 1 aromatic carbocycles. The summed E-state index contributed by atoms with van der Waals surface area (Å²) in [6.07, 6.45) is -0.249. The van der Waals surface area contributed by atoms with Gasteiger partial charge in [-0.2, -0.15) is 0 Å². The number of aryl methyl sites for hydroxylation is 1. The quantitative estimate of drug-likeness (QED) is 0.705. The molecule has 0 spiro atoms. The first-order valence-electron chi connectivity index (χ1n) is 5.22. The number of rotatable bonds is 1. The SMILES string of the molecule is Cc1ccc2c(c1)COC(C)N2C(=O)CCl. The number of hydrogen-bond acceptors (Lipinski definition) is 2. The van der Waals surface area contributed by atoms with Crippen molar-refractivity contribution in [2.75, 3.05) is 10.8 Å². The van der Waals surface area contributed by atoms with Crippen molar-refractivity contribution >= 4 is 23.2 Å². The molecule has 1 aromatic rings. The minimum atomic E-state index is -0.249. The van der Waals surface area contributed by atoms with E-state index in [0.717, 1.165) is 16.8 Å². The van der Waals surface area contributed by atoms with Crippen LogP contribution in [-0.2, 0) is 16.1 Å². The van der Waals surface area contributed by atoms with Gasteiger partial charge in [0.15, 0.2) is 0 Å². The molecule has 3 nitrogen and oxygen atoms in total. The number of anilines is 1. The monoisotopic (exact) mass is 239 g/mol. The molecule has 1 heterocycles. The normalized spacial score (nSPS) is 19.4. The minimum absolute atomic E-state index is 0.0268. The lowest BCUT2D eigenvalue weighted by molar-refractivity contribution is -0.119. The summed E-state index contributed by atoms with van der Waals surface area (Å²) in [5, 5.41) is 0. The average Bonchev–Trinajstić information content (AvgIpc) is 2.28. The van der Waals surface area contributed by atoms with Crippen molar-refractivity contribution < 1.29 is 9.53 Å². The van der Waals surface area contributed by atoms with Crippen molar-refractivity contribution in [1.82, 2.24) is 0 Å². The molecule has 1 amide bonds. The number of alkyl halides is 1. The van der Waals surface area contributed by atoms with Crippen molar-refractivity contribution in [1.29, 1.82) is 0 Å². The van der Waals surface area contributed by atoms with E-state index in [2.05, 4.69) is 0 Å². The first kappa shape index (κ1) is 11.4. The fraction of sp³-hybridized carbons (Fsp3) is 0.417. The maximum Gasteiger partial charge on any atom is 0.244 e. The third-order valence-corrected chi connectivity index (χ3v) is 2.95. The highest BCUT2D eigenvalue weighted by atomic mass is 35.5. The second-order valence-electron chi connectivity index (χ2n) is 3.94. The van der Waals surface area contributed by atoms with Gasteiger partial charge in [0.25, 0.3) is 0 Å². The van der Waals surface area contributed by atoms with Crippen LogP contribution in [0.15, 0.2) is 18.2 Å². The zero-order valence-corrected chi connectivity index (χ0v) is 10.1. The topological polar surface area (TPSA) is 29.5 Å². The highest BCUT2D eigenvalue weighted by Gasteiger charge is 2.28. The fourth-order valence-corrected chi connectivity index (χ4v) is 2.08. The highest BCUT2D eigenvalue weighted by Crippen LogP contribution is 2.30. The second kappa shape index (κ2) is 4.44. The van der Waals surface area contributed by atoms with Crippen LogP contribution in [0, 0.1) is 6.92 Å². The molecule has 86 valence electrons. The van der Waals surface area contributed by atoms with E-state index in [0.29, 0.717) is 6.61 Å². The summed E-state index contributed by atoms with van der Waals surface area (Å²) in [6.45, 7) is 4.42. The van der Waals surface area contributed by atoms with Crippen LogP contribution in [0.3, 0.4) is 0 Å². The molecule has 4 heteroatoms. The fourth-order valence-electron chi connectivity index (χ4n) is 1.95. The molecule has 0 saturated heterocycles. The molecule has 0 aliphatic carbocycles. The number of nitrogens with zero attached hydrogens (tertiary/aromatic N) is 1. The van der Waals surface area contributed by atoms with Gasteiger partial charge in [0.2, 0.25) is 5.91 Å². The maximum atomic E-state index is 11.7. The lowest BCUT2D eigenvalue weighted by Crippen LogP contribution is -2.44. The predicted octanol–water partition coefficient (Wildman–Crippen LogP) is 2.44. The first-order valence-corrected chi connectivity index (χ1v) is 5.76. The Kier molecular flexibility index (Phi) is 3.17.